The molecule has 0 bridgehead atoms. The minimum atomic E-state index is -0.250. The minimum absolute atomic E-state index is 0.173. The van der Waals surface area contributed by atoms with Crippen molar-refractivity contribution in [3.63, 3.8) is 0 Å². The van der Waals surface area contributed by atoms with Crippen molar-refractivity contribution in [2.24, 2.45) is 0 Å². The monoisotopic (exact) mass is 407 g/mol. The lowest BCUT2D eigenvalue weighted by molar-refractivity contribution is 0.0821. The minimum Gasteiger partial charge on any atom is -0.490 e. The van der Waals surface area contributed by atoms with Crippen LogP contribution in [0.4, 0.5) is 0 Å². The van der Waals surface area contributed by atoms with Crippen molar-refractivity contribution in [1.29, 1.82) is 0 Å². The second-order valence-corrected chi connectivity index (χ2v) is 7.19. The van der Waals surface area contributed by atoms with Crippen LogP contribution in [0.25, 0.3) is 11.4 Å². The van der Waals surface area contributed by atoms with Crippen LogP contribution < -0.4 is 15.0 Å². The van der Waals surface area contributed by atoms with Crippen LogP contribution in [0.1, 0.15) is 29.8 Å². The summed E-state index contributed by atoms with van der Waals surface area (Å²) in [5, 5.41) is 0. The maximum atomic E-state index is 12.0. The molecule has 3 aromatic rings. The molecule has 0 radical (unpaired) electrons. The number of rotatable bonds is 6. The number of nitrogens with zero attached hydrogens (tertiary/aromatic N) is 4. The van der Waals surface area contributed by atoms with Crippen molar-refractivity contribution >= 4 is 5.91 Å². The Bertz CT molecular complexity index is 1110. The van der Waals surface area contributed by atoms with Gasteiger partial charge in [-0.05, 0) is 31.4 Å². The number of amides is 1. The van der Waals surface area contributed by atoms with Crippen molar-refractivity contribution in [3.05, 3.63) is 58.9 Å². The van der Waals surface area contributed by atoms with Gasteiger partial charge in [0.1, 0.15) is 23.0 Å². The molecular formula is C21H21N5O4. The van der Waals surface area contributed by atoms with E-state index in [9.17, 15) is 9.59 Å². The molecule has 30 heavy (non-hydrogen) atoms. The first-order valence-electron chi connectivity index (χ1n) is 9.57. The predicted octanol–water partition coefficient (Wildman–Crippen LogP) is 2.65. The number of aromatic amines is 1. The molecule has 1 N–H and O–H groups in total. The maximum Gasteiger partial charge on any atom is 0.273 e. The lowest BCUT2D eigenvalue weighted by Gasteiger charge is -2.26. The number of carbonyl (C=O) groups is 1. The number of carbonyl (C=O) groups excluding carboxylic acids is 1. The average Bonchev–Trinajstić information content (AvgIpc) is 2.70. The molecule has 9 nitrogen and oxygen atoms in total. The van der Waals surface area contributed by atoms with Crippen LogP contribution in [0.2, 0.25) is 0 Å². The van der Waals surface area contributed by atoms with Gasteiger partial charge in [0.15, 0.2) is 0 Å². The second-order valence-electron chi connectivity index (χ2n) is 7.19. The smallest absolute Gasteiger partial charge is 0.273 e. The Hall–Kier alpha value is -3.75. The summed E-state index contributed by atoms with van der Waals surface area (Å²) in [6, 6.07) is 6.64. The van der Waals surface area contributed by atoms with Gasteiger partial charge in [-0.15, -0.1) is 0 Å². The van der Waals surface area contributed by atoms with Crippen LogP contribution in [-0.4, -0.2) is 50.9 Å². The van der Waals surface area contributed by atoms with Gasteiger partial charge in [-0.3, -0.25) is 9.59 Å². The van der Waals surface area contributed by atoms with E-state index in [1.165, 1.54) is 29.6 Å². The standard InChI is InChI=1S/C21H21N5O4/c1-26(2)21(28)17-11-24-19(12-23-17)30-16-9-13(20-22-7-6-18(27)25-20)8-15(10-16)29-14-4-3-5-14/h6-12,14H,3-5H2,1-2H3,(H,22,25,27). The van der Waals surface area contributed by atoms with Gasteiger partial charge < -0.3 is 19.4 Å². The molecule has 2 aromatic heterocycles. The van der Waals surface area contributed by atoms with Gasteiger partial charge >= 0.3 is 0 Å². The molecule has 1 amide bonds. The largest absolute Gasteiger partial charge is 0.490 e. The fourth-order valence-electron chi connectivity index (χ4n) is 2.86. The lowest BCUT2D eigenvalue weighted by atomic mass is 9.96. The molecule has 2 heterocycles. The first-order chi connectivity index (χ1) is 14.5. The van der Waals surface area contributed by atoms with Crippen molar-refractivity contribution in [1.82, 2.24) is 24.8 Å². The lowest BCUT2D eigenvalue weighted by Crippen LogP contribution is -2.24. The van der Waals surface area contributed by atoms with E-state index in [4.69, 9.17) is 9.47 Å². The second kappa shape index (κ2) is 8.32. The molecule has 1 aromatic carbocycles. The Kier molecular flexibility index (Phi) is 5.42. The summed E-state index contributed by atoms with van der Waals surface area (Å²) in [5.74, 6) is 1.46. The van der Waals surface area contributed by atoms with E-state index >= 15 is 0 Å². The highest BCUT2D eigenvalue weighted by atomic mass is 16.5. The molecule has 154 valence electrons. The highest BCUT2D eigenvalue weighted by Crippen LogP contribution is 2.33. The third kappa shape index (κ3) is 4.45. The zero-order valence-electron chi connectivity index (χ0n) is 16.7. The molecular weight excluding hydrogens is 386 g/mol. The third-order valence-corrected chi connectivity index (χ3v) is 4.66. The van der Waals surface area contributed by atoms with Gasteiger partial charge in [0.2, 0.25) is 5.88 Å². The van der Waals surface area contributed by atoms with E-state index in [1.54, 1.807) is 26.2 Å². The summed E-state index contributed by atoms with van der Waals surface area (Å²) < 4.78 is 11.9. The predicted molar refractivity (Wildman–Crippen MR) is 109 cm³/mol. The SMILES string of the molecule is CN(C)C(=O)c1cnc(Oc2cc(OC3CCC3)cc(-c3nccc(=O)[nH]3)c2)cn1. The normalized spacial score (nSPS) is 13.4. The van der Waals surface area contributed by atoms with Crippen LogP contribution in [0.15, 0.2) is 47.7 Å². The fraction of sp³-hybridized carbons (Fsp3) is 0.286. The van der Waals surface area contributed by atoms with Crippen molar-refractivity contribution < 1.29 is 14.3 Å². The van der Waals surface area contributed by atoms with E-state index in [0.717, 1.165) is 19.3 Å². The van der Waals surface area contributed by atoms with Crippen LogP contribution in [0.5, 0.6) is 17.4 Å². The number of nitrogens with one attached hydrogen (secondary N) is 1. The summed E-state index contributed by atoms with van der Waals surface area (Å²) in [6.07, 6.45) is 7.53. The van der Waals surface area contributed by atoms with Crippen LogP contribution in [0.3, 0.4) is 0 Å². The topological polar surface area (TPSA) is 110 Å². The van der Waals surface area contributed by atoms with Gasteiger partial charge in [0.05, 0.1) is 18.5 Å². The number of ether oxygens (including phenoxy) is 2. The number of hydrogen-bond donors (Lipinski definition) is 1. The Morgan fingerprint density at radius 3 is 2.53 bits per heavy atom. The van der Waals surface area contributed by atoms with Gasteiger partial charge in [0, 0.05) is 38.0 Å². The molecule has 0 aliphatic heterocycles. The molecule has 9 heteroatoms. The van der Waals surface area contributed by atoms with Crippen LogP contribution in [0, 0.1) is 0 Å². The van der Waals surface area contributed by atoms with Gasteiger partial charge in [-0.25, -0.2) is 15.0 Å². The zero-order valence-corrected chi connectivity index (χ0v) is 16.7. The fourth-order valence-corrected chi connectivity index (χ4v) is 2.86. The number of benzene rings is 1. The van der Waals surface area contributed by atoms with E-state index < -0.39 is 0 Å². The summed E-state index contributed by atoms with van der Waals surface area (Å²) in [6.45, 7) is 0. The van der Waals surface area contributed by atoms with Gasteiger partial charge in [-0.1, -0.05) is 0 Å². The highest BCUT2D eigenvalue weighted by Gasteiger charge is 2.20. The zero-order chi connectivity index (χ0) is 21.1. The van der Waals surface area contributed by atoms with Crippen LogP contribution >= 0.6 is 0 Å². The number of hydrogen-bond acceptors (Lipinski definition) is 7. The molecule has 0 saturated heterocycles. The Morgan fingerprint density at radius 1 is 1.10 bits per heavy atom. The van der Waals surface area contributed by atoms with Gasteiger partial charge in [-0.2, -0.15) is 0 Å². The average molecular weight is 407 g/mol. The summed E-state index contributed by atoms with van der Waals surface area (Å²) in [4.78, 5) is 40.3. The number of aromatic nitrogens is 4. The summed E-state index contributed by atoms with van der Waals surface area (Å²) >= 11 is 0. The maximum absolute atomic E-state index is 12.0. The van der Waals surface area contributed by atoms with E-state index in [1.807, 2.05) is 6.07 Å². The molecule has 0 atom stereocenters. The summed E-state index contributed by atoms with van der Waals surface area (Å²) in [5.41, 5.74) is 0.618. The Morgan fingerprint density at radius 2 is 1.90 bits per heavy atom. The van der Waals surface area contributed by atoms with Crippen molar-refractivity contribution in [2.45, 2.75) is 25.4 Å². The first-order valence-corrected chi connectivity index (χ1v) is 9.57. The van der Waals surface area contributed by atoms with Gasteiger partial charge in [0.25, 0.3) is 11.5 Å². The molecule has 1 aliphatic rings. The van der Waals surface area contributed by atoms with Crippen molar-refractivity contribution in [2.75, 3.05) is 14.1 Å². The molecule has 1 fully saturated rings. The van der Waals surface area contributed by atoms with Crippen LogP contribution in [-0.2, 0) is 0 Å². The summed E-state index contributed by atoms with van der Waals surface area (Å²) in [7, 11) is 3.29. The third-order valence-electron chi connectivity index (χ3n) is 4.66. The van der Waals surface area contributed by atoms with E-state index in [0.29, 0.717) is 22.9 Å². The van der Waals surface area contributed by atoms with E-state index in [-0.39, 0.29) is 29.1 Å². The Labute approximate surface area is 172 Å². The molecule has 1 saturated carbocycles. The highest BCUT2D eigenvalue weighted by molar-refractivity contribution is 5.91. The molecule has 4 rings (SSSR count). The molecule has 1 aliphatic carbocycles. The first kappa shape index (κ1) is 19.6. The number of H-pyrrole nitrogens is 1. The van der Waals surface area contributed by atoms with E-state index in [2.05, 4.69) is 19.9 Å². The molecule has 0 unspecified atom stereocenters. The molecule has 0 spiro atoms. The Balaban J connectivity index is 1.62. The van der Waals surface area contributed by atoms with Crippen molar-refractivity contribution in [3.8, 4) is 28.8 Å². The quantitative estimate of drug-likeness (QED) is 0.669.